The molecule has 0 aliphatic heterocycles. The van der Waals surface area contributed by atoms with Crippen LogP contribution >= 0.6 is 0 Å². The second-order valence-corrected chi connectivity index (χ2v) is 3.95. The lowest BCUT2D eigenvalue weighted by Gasteiger charge is -2.15. The first-order valence-electron chi connectivity index (χ1n) is 4.92. The molecule has 1 unspecified atom stereocenters. The number of hydrogen-bond acceptors (Lipinski definition) is 5. The molecule has 15 heavy (non-hydrogen) atoms. The van der Waals surface area contributed by atoms with E-state index in [9.17, 15) is 4.79 Å². The van der Waals surface area contributed by atoms with E-state index in [1.165, 1.54) is 0 Å². The molecule has 7 nitrogen and oxygen atoms in total. The summed E-state index contributed by atoms with van der Waals surface area (Å²) in [7, 11) is 0. The zero-order chi connectivity index (χ0) is 10.9. The topological polar surface area (TPSA) is 110 Å². The fourth-order valence-corrected chi connectivity index (χ4v) is 1.44. The van der Waals surface area contributed by atoms with Crippen LogP contribution in [-0.2, 0) is 4.79 Å². The van der Waals surface area contributed by atoms with E-state index in [1.807, 2.05) is 6.92 Å². The van der Waals surface area contributed by atoms with Gasteiger partial charge in [-0.2, -0.15) is 5.21 Å². The molecule has 1 fully saturated rings. The van der Waals surface area contributed by atoms with Crippen molar-refractivity contribution in [3.05, 3.63) is 5.82 Å². The summed E-state index contributed by atoms with van der Waals surface area (Å²) in [6.45, 7) is 2.22. The van der Waals surface area contributed by atoms with Crippen molar-refractivity contribution in [3.8, 4) is 0 Å². The molecule has 1 amide bonds. The molecule has 1 saturated carbocycles. The lowest BCUT2D eigenvalue weighted by molar-refractivity contribution is -0.126. The van der Waals surface area contributed by atoms with Gasteiger partial charge in [0.15, 0.2) is 5.82 Å². The molecule has 1 aliphatic rings. The van der Waals surface area contributed by atoms with E-state index >= 15 is 0 Å². The van der Waals surface area contributed by atoms with Crippen molar-refractivity contribution < 1.29 is 4.79 Å². The van der Waals surface area contributed by atoms with Crippen molar-refractivity contribution in [3.63, 3.8) is 0 Å². The van der Waals surface area contributed by atoms with Crippen molar-refractivity contribution in [1.82, 2.24) is 25.9 Å². The first-order valence-corrected chi connectivity index (χ1v) is 4.92. The van der Waals surface area contributed by atoms with Gasteiger partial charge < -0.3 is 11.1 Å². The van der Waals surface area contributed by atoms with E-state index in [1.54, 1.807) is 0 Å². The minimum absolute atomic E-state index is 0.0118. The molecule has 0 saturated heterocycles. The van der Waals surface area contributed by atoms with E-state index in [-0.39, 0.29) is 17.4 Å². The molecule has 0 spiro atoms. The zero-order valence-electron chi connectivity index (χ0n) is 8.53. The molecule has 1 atom stereocenters. The fraction of sp³-hybridized carbons (Fsp3) is 0.750. The zero-order valence-corrected chi connectivity index (χ0v) is 8.53. The summed E-state index contributed by atoms with van der Waals surface area (Å²) in [6.07, 6.45) is 1.74. The summed E-state index contributed by atoms with van der Waals surface area (Å²) in [5, 5.41) is 16.2. The quantitative estimate of drug-likeness (QED) is 0.597. The third-order valence-electron chi connectivity index (χ3n) is 2.82. The second-order valence-electron chi connectivity index (χ2n) is 3.95. The van der Waals surface area contributed by atoms with Crippen molar-refractivity contribution in [2.75, 3.05) is 6.54 Å². The monoisotopic (exact) mass is 210 g/mol. The highest BCUT2D eigenvalue weighted by molar-refractivity contribution is 5.85. The number of nitrogens with one attached hydrogen (secondary N) is 2. The number of H-pyrrole nitrogens is 1. The largest absolute Gasteiger partial charge is 0.346 e. The van der Waals surface area contributed by atoms with E-state index in [4.69, 9.17) is 5.73 Å². The van der Waals surface area contributed by atoms with Gasteiger partial charge in [-0.15, -0.1) is 10.2 Å². The number of carbonyl (C=O) groups excluding carboxylic acids is 1. The van der Waals surface area contributed by atoms with E-state index in [0.29, 0.717) is 12.4 Å². The Balaban J connectivity index is 1.95. The summed E-state index contributed by atoms with van der Waals surface area (Å²) < 4.78 is 0. The fourth-order valence-electron chi connectivity index (χ4n) is 1.44. The van der Waals surface area contributed by atoms with Gasteiger partial charge in [-0.25, -0.2) is 0 Å². The molecule has 7 heteroatoms. The Hall–Kier alpha value is -1.50. The highest BCUT2D eigenvalue weighted by Gasteiger charge is 2.48. The maximum Gasteiger partial charge on any atom is 0.228 e. The van der Waals surface area contributed by atoms with Crippen LogP contribution in [-0.4, -0.2) is 33.1 Å². The number of amides is 1. The third kappa shape index (κ3) is 1.82. The van der Waals surface area contributed by atoms with Crippen LogP contribution in [0, 0.1) is 5.41 Å². The molecular weight excluding hydrogens is 196 g/mol. The molecule has 1 heterocycles. The normalized spacial score (nSPS) is 19.6. The van der Waals surface area contributed by atoms with Crippen molar-refractivity contribution in [2.24, 2.45) is 11.1 Å². The van der Waals surface area contributed by atoms with Crippen LogP contribution in [0.4, 0.5) is 0 Å². The van der Waals surface area contributed by atoms with E-state index in [2.05, 4.69) is 25.9 Å². The second kappa shape index (κ2) is 3.58. The molecule has 2 rings (SSSR count). The summed E-state index contributed by atoms with van der Waals surface area (Å²) in [4.78, 5) is 11.8. The first-order chi connectivity index (χ1) is 7.18. The van der Waals surface area contributed by atoms with Gasteiger partial charge in [0.2, 0.25) is 5.91 Å². The van der Waals surface area contributed by atoms with Gasteiger partial charge in [0.1, 0.15) is 0 Å². The number of nitrogens with two attached hydrogens (primary N) is 1. The maximum absolute atomic E-state index is 11.8. The number of hydrogen-bond donors (Lipinski definition) is 3. The van der Waals surface area contributed by atoms with Gasteiger partial charge in [-0.05, 0) is 19.8 Å². The third-order valence-corrected chi connectivity index (χ3v) is 2.82. The molecule has 1 aliphatic carbocycles. The number of aromatic nitrogens is 4. The first kappa shape index (κ1) is 10.0. The van der Waals surface area contributed by atoms with Crippen LogP contribution in [0.15, 0.2) is 0 Å². The number of aromatic amines is 1. The van der Waals surface area contributed by atoms with Gasteiger partial charge >= 0.3 is 0 Å². The minimum Gasteiger partial charge on any atom is -0.346 e. The maximum atomic E-state index is 11.8. The van der Waals surface area contributed by atoms with Crippen molar-refractivity contribution in [1.29, 1.82) is 0 Å². The summed E-state index contributed by atoms with van der Waals surface area (Å²) >= 11 is 0. The Morgan fingerprint density at radius 3 is 2.93 bits per heavy atom. The highest BCUT2D eigenvalue weighted by atomic mass is 16.2. The number of rotatable bonds is 4. The molecule has 0 aromatic carbocycles. The smallest absolute Gasteiger partial charge is 0.228 e. The van der Waals surface area contributed by atoms with Crippen LogP contribution in [0.3, 0.4) is 0 Å². The molecule has 1 aromatic rings. The molecule has 1 aromatic heterocycles. The average Bonchev–Trinajstić information content (AvgIpc) is 2.84. The standard InChI is InChI=1S/C8H14N6O/c1-5(6-11-13-14-12-6)10-7(15)8(4-9)2-3-8/h5H,2-4,9H2,1H3,(H,10,15)(H,11,12,13,14). The predicted molar refractivity (Wildman–Crippen MR) is 51.5 cm³/mol. The minimum atomic E-state index is -0.335. The molecule has 0 radical (unpaired) electrons. The summed E-state index contributed by atoms with van der Waals surface area (Å²) in [6, 6.07) is -0.236. The number of tetrazole rings is 1. The van der Waals surface area contributed by atoms with E-state index in [0.717, 1.165) is 12.8 Å². The van der Waals surface area contributed by atoms with E-state index < -0.39 is 0 Å². The lowest BCUT2D eigenvalue weighted by Crippen LogP contribution is -2.38. The number of nitrogens with zero attached hydrogens (tertiary/aromatic N) is 3. The van der Waals surface area contributed by atoms with Crippen molar-refractivity contribution in [2.45, 2.75) is 25.8 Å². The van der Waals surface area contributed by atoms with Crippen LogP contribution < -0.4 is 11.1 Å². The predicted octanol–water partition coefficient (Wildman–Crippen LogP) is -0.884. The van der Waals surface area contributed by atoms with Gasteiger partial charge in [0.25, 0.3) is 0 Å². The Morgan fingerprint density at radius 1 is 1.73 bits per heavy atom. The number of carbonyl (C=O) groups is 1. The van der Waals surface area contributed by atoms with Crippen LogP contribution in [0.5, 0.6) is 0 Å². The lowest BCUT2D eigenvalue weighted by atomic mass is 10.1. The van der Waals surface area contributed by atoms with Crippen LogP contribution in [0.2, 0.25) is 0 Å². The molecular formula is C8H14N6O. The molecule has 4 N–H and O–H groups in total. The Kier molecular flexibility index (Phi) is 2.39. The molecule has 82 valence electrons. The molecule has 0 bridgehead atoms. The summed E-state index contributed by atoms with van der Waals surface area (Å²) in [5.41, 5.74) is 5.22. The SMILES string of the molecule is CC(NC(=O)C1(CN)CC1)c1nn[nH]n1. The Bertz CT molecular complexity index is 344. The average molecular weight is 210 g/mol. The highest BCUT2D eigenvalue weighted by Crippen LogP contribution is 2.44. The Morgan fingerprint density at radius 2 is 2.47 bits per heavy atom. The van der Waals surface area contributed by atoms with Crippen LogP contribution in [0.25, 0.3) is 0 Å². The Labute approximate surface area is 86.8 Å². The summed E-state index contributed by atoms with van der Waals surface area (Å²) in [5.74, 6) is 0.471. The van der Waals surface area contributed by atoms with Gasteiger partial charge in [-0.1, -0.05) is 5.21 Å². The van der Waals surface area contributed by atoms with Gasteiger partial charge in [-0.3, -0.25) is 4.79 Å². The van der Waals surface area contributed by atoms with Crippen LogP contribution in [0.1, 0.15) is 31.6 Å². The van der Waals surface area contributed by atoms with Crippen molar-refractivity contribution >= 4 is 5.91 Å². The van der Waals surface area contributed by atoms with Gasteiger partial charge in [0.05, 0.1) is 11.5 Å². The van der Waals surface area contributed by atoms with Gasteiger partial charge in [0, 0.05) is 6.54 Å².